The Labute approximate surface area is 249 Å². The maximum absolute atomic E-state index is 15.3. The van der Waals surface area contributed by atoms with Crippen molar-refractivity contribution in [1.82, 2.24) is 20.0 Å². The third-order valence-corrected chi connectivity index (χ3v) is 7.96. The predicted octanol–water partition coefficient (Wildman–Crippen LogP) is 3.25. The van der Waals surface area contributed by atoms with E-state index in [1.54, 1.807) is 50.2 Å². The van der Waals surface area contributed by atoms with Crippen molar-refractivity contribution in [2.24, 2.45) is 0 Å². The van der Waals surface area contributed by atoms with Crippen LogP contribution in [0.15, 0.2) is 65.8 Å². The fraction of sp³-hybridized carbons (Fsp3) is 0.379. The van der Waals surface area contributed by atoms with Crippen molar-refractivity contribution < 1.29 is 31.5 Å². The fourth-order valence-corrected chi connectivity index (χ4v) is 5.73. The Kier molecular flexibility index (Phi) is 9.91. The molecule has 230 valence electrons. The van der Waals surface area contributed by atoms with Crippen LogP contribution in [0.5, 0.6) is 0 Å². The molecule has 3 aromatic rings. The number of aromatic nitrogens is 2. The minimum atomic E-state index is -4.18. The number of piperidine rings is 1. The summed E-state index contributed by atoms with van der Waals surface area (Å²) in [4.78, 5) is 35.6. The number of hydrogen-bond acceptors (Lipinski definition) is 9. The van der Waals surface area contributed by atoms with Crippen molar-refractivity contribution in [2.45, 2.75) is 56.2 Å². The number of sulfonamides is 1. The number of hydrogen-bond donors (Lipinski definition) is 3. The van der Waals surface area contributed by atoms with Gasteiger partial charge in [0.1, 0.15) is 11.6 Å². The lowest BCUT2D eigenvalue weighted by molar-refractivity contribution is -0.156. The normalized spacial score (nSPS) is 16.3. The van der Waals surface area contributed by atoms with Gasteiger partial charge in [-0.05, 0) is 63.9 Å². The van der Waals surface area contributed by atoms with Crippen LogP contribution in [0.25, 0.3) is 0 Å². The van der Waals surface area contributed by atoms with Crippen LogP contribution in [0.3, 0.4) is 0 Å². The quantitative estimate of drug-likeness (QED) is 0.293. The smallest absolute Gasteiger partial charge is 0.326 e. The summed E-state index contributed by atoms with van der Waals surface area (Å²) in [7, 11) is -4.18. The lowest BCUT2D eigenvalue weighted by Crippen LogP contribution is -2.50. The first kappa shape index (κ1) is 31.8. The molecule has 0 radical (unpaired) electrons. The Hall–Kier alpha value is -4.17. The van der Waals surface area contributed by atoms with Crippen LogP contribution in [-0.4, -0.2) is 67.6 Å². The number of anilines is 2. The van der Waals surface area contributed by atoms with Gasteiger partial charge in [-0.15, -0.1) is 0 Å². The Bertz CT molecular complexity index is 1540. The van der Waals surface area contributed by atoms with Gasteiger partial charge in [-0.3, -0.25) is 9.59 Å². The molecule has 1 aliphatic heterocycles. The minimum Gasteiger partial charge on any atom is -0.459 e. The highest BCUT2D eigenvalue weighted by Gasteiger charge is 2.31. The van der Waals surface area contributed by atoms with Crippen molar-refractivity contribution in [3.63, 3.8) is 0 Å². The standard InChI is InChI=1S/C29H34F2N6O5S/c1-29(2,3)42-27(39)22(36-43(40,41)20-10-5-4-6-11-20)17-34-26(38)21-12-13-23(25(31)24(21)30)37-16-7-9-19(18-37)35-28-32-14-8-15-33-28/h4-6,8,10-15,19,22,36H,7,9,16-18H2,1-3H3,(H,34,38)(H,32,33,35). The molecule has 43 heavy (non-hydrogen) atoms. The van der Waals surface area contributed by atoms with Crippen LogP contribution in [0, 0.1) is 11.6 Å². The molecule has 0 bridgehead atoms. The van der Waals surface area contributed by atoms with Gasteiger partial charge < -0.3 is 20.3 Å². The number of rotatable bonds is 10. The zero-order valence-corrected chi connectivity index (χ0v) is 24.8. The van der Waals surface area contributed by atoms with Crippen LogP contribution in [0.1, 0.15) is 44.0 Å². The van der Waals surface area contributed by atoms with Gasteiger partial charge in [0.05, 0.1) is 16.1 Å². The number of benzene rings is 2. The molecule has 2 unspecified atom stereocenters. The second-order valence-corrected chi connectivity index (χ2v) is 12.7. The molecule has 14 heteroatoms. The van der Waals surface area contributed by atoms with Gasteiger partial charge in [0.25, 0.3) is 5.91 Å². The molecule has 2 aromatic carbocycles. The first-order valence-electron chi connectivity index (χ1n) is 13.7. The molecular formula is C29H34F2N6O5S. The SMILES string of the molecule is CC(C)(C)OC(=O)C(CNC(=O)c1ccc(N2CCCC(Nc3ncccn3)C2)c(F)c1F)NS(=O)(=O)c1ccccc1. The van der Waals surface area contributed by atoms with E-state index in [1.807, 2.05) is 0 Å². The van der Waals surface area contributed by atoms with Gasteiger partial charge in [-0.1, -0.05) is 18.2 Å². The molecule has 3 N–H and O–H groups in total. The highest BCUT2D eigenvalue weighted by Crippen LogP contribution is 2.27. The Morgan fingerprint density at radius 1 is 1.05 bits per heavy atom. The summed E-state index contributed by atoms with van der Waals surface area (Å²) in [6.07, 6.45) is 4.69. The molecule has 1 aromatic heterocycles. The third-order valence-electron chi connectivity index (χ3n) is 6.48. The van der Waals surface area contributed by atoms with Gasteiger partial charge in [-0.25, -0.2) is 27.2 Å². The van der Waals surface area contributed by atoms with Crippen LogP contribution in [0.4, 0.5) is 20.4 Å². The molecular weight excluding hydrogens is 582 g/mol. The second kappa shape index (κ2) is 13.4. The fourth-order valence-electron chi connectivity index (χ4n) is 4.52. The molecule has 1 amide bonds. The van der Waals surface area contributed by atoms with E-state index in [1.165, 1.54) is 30.3 Å². The van der Waals surface area contributed by atoms with Crippen molar-refractivity contribution in [3.05, 3.63) is 78.1 Å². The van der Waals surface area contributed by atoms with E-state index >= 15 is 8.78 Å². The molecule has 4 rings (SSSR count). The highest BCUT2D eigenvalue weighted by atomic mass is 32.2. The van der Waals surface area contributed by atoms with Gasteiger partial charge >= 0.3 is 5.97 Å². The zero-order chi connectivity index (χ0) is 31.2. The molecule has 1 fully saturated rings. The van der Waals surface area contributed by atoms with E-state index in [4.69, 9.17) is 4.74 Å². The molecule has 11 nitrogen and oxygen atoms in total. The Balaban J connectivity index is 1.47. The Morgan fingerprint density at radius 3 is 2.42 bits per heavy atom. The number of nitrogens with one attached hydrogen (secondary N) is 3. The maximum Gasteiger partial charge on any atom is 0.326 e. The lowest BCUT2D eigenvalue weighted by Gasteiger charge is -2.35. The molecule has 0 spiro atoms. The summed E-state index contributed by atoms with van der Waals surface area (Å²) in [5.41, 5.74) is -1.56. The van der Waals surface area contributed by atoms with Gasteiger partial charge in [-0.2, -0.15) is 4.72 Å². The van der Waals surface area contributed by atoms with E-state index in [9.17, 15) is 18.0 Å². The van der Waals surface area contributed by atoms with Crippen LogP contribution in [-0.2, 0) is 19.6 Å². The van der Waals surface area contributed by atoms with Gasteiger partial charge in [0.15, 0.2) is 11.6 Å². The van der Waals surface area contributed by atoms with Gasteiger partial charge in [0, 0.05) is 38.1 Å². The van der Waals surface area contributed by atoms with E-state index in [2.05, 4.69) is 25.3 Å². The average molecular weight is 617 g/mol. The molecule has 1 aliphatic rings. The number of amides is 1. The van der Waals surface area contributed by atoms with E-state index in [-0.39, 0.29) is 16.6 Å². The van der Waals surface area contributed by atoms with E-state index in [0.717, 1.165) is 12.5 Å². The molecule has 0 aliphatic carbocycles. The summed E-state index contributed by atoms with van der Waals surface area (Å²) >= 11 is 0. The number of ether oxygens (including phenoxy) is 1. The lowest BCUT2D eigenvalue weighted by atomic mass is 10.0. The first-order chi connectivity index (χ1) is 20.3. The number of esters is 1. The first-order valence-corrected chi connectivity index (χ1v) is 15.2. The average Bonchev–Trinajstić information content (AvgIpc) is 2.96. The molecule has 2 atom stereocenters. The molecule has 2 heterocycles. The number of halogens is 2. The van der Waals surface area contributed by atoms with Crippen molar-refractivity contribution in [3.8, 4) is 0 Å². The van der Waals surface area contributed by atoms with Crippen LogP contribution < -0.4 is 20.3 Å². The van der Waals surface area contributed by atoms with E-state index in [0.29, 0.717) is 25.5 Å². The summed E-state index contributed by atoms with van der Waals surface area (Å²) in [6.45, 7) is 5.06. The summed E-state index contributed by atoms with van der Waals surface area (Å²) in [5, 5.41) is 5.52. The summed E-state index contributed by atoms with van der Waals surface area (Å²) in [6, 6.07) is 9.83. The number of carbonyl (C=O) groups excluding carboxylic acids is 2. The number of carbonyl (C=O) groups is 2. The minimum absolute atomic E-state index is 0.00298. The summed E-state index contributed by atoms with van der Waals surface area (Å²) < 4.78 is 63.8. The van der Waals surface area contributed by atoms with Gasteiger partial charge in [0.2, 0.25) is 16.0 Å². The molecule has 1 saturated heterocycles. The summed E-state index contributed by atoms with van der Waals surface area (Å²) in [5.74, 6) is -4.12. The second-order valence-electron chi connectivity index (χ2n) is 11.0. The largest absolute Gasteiger partial charge is 0.459 e. The number of nitrogens with zero attached hydrogens (tertiary/aromatic N) is 3. The highest BCUT2D eigenvalue weighted by molar-refractivity contribution is 7.89. The van der Waals surface area contributed by atoms with E-state index < -0.39 is 57.3 Å². The molecule has 0 saturated carbocycles. The van der Waals surface area contributed by atoms with Crippen LogP contribution in [0.2, 0.25) is 0 Å². The third kappa shape index (κ3) is 8.45. The topological polar surface area (TPSA) is 143 Å². The zero-order valence-electron chi connectivity index (χ0n) is 24.0. The van der Waals surface area contributed by atoms with Crippen molar-refractivity contribution in [2.75, 3.05) is 29.9 Å². The van der Waals surface area contributed by atoms with Crippen molar-refractivity contribution in [1.29, 1.82) is 0 Å². The monoisotopic (exact) mass is 616 g/mol. The maximum atomic E-state index is 15.3. The predicted molar refractivity (Wildman–Crippen MR) is 156 cm³/mol. The van der Waals surface area contributed by atoms with Crippen LogP contribution >= 0.6 is 0 Å². The Morgan fingerprint density at radius 2 is 1.74 bits per heavy atom. The van der Waals surface area contributed by atoms with Crippen molar-refractivity contribution >= 4 is 33.5 Å².